The average molecular weight is 410 g/mol. The number of carbonyl (C=O) groups is 1. The summed E-state index contributed by atoms with van der Waals surface area (Å²) in [5.41, 5.74) is 5.04. The van der Waals surface area contributed by atoms with Crippen molar-refractivity contribution in [1.29, 1.82) is 0 Å². The molecule has 2 aromatic heterocycles. The summed E-state index contributed by atoms with van der Waals surface area (Å²) in [6, 6.07) is 12.6. The van der Waals surface area contributed by atoms with Crippen molar-refractivity contribution < 1.29 is 14.6 Å². The standard InChI is InChI=1S/C24H27NO3S/c26-24(27)20-13-19-23(29-20)21(17-7-3-1-4-8-17)22(18-9-5-2-6-10-18)25(19)14-16-11-12-28-15-16/h2,5-6,9-10,13,16-17H,1,3-4,7-8,11-12,14-15H2,(H,26,27). The number of carboxylic acids is 1. The fourth-order valence-electron chi connectivity index (χ4n) is 5.11. The van der Waals surface area contributed by atoms with Crippen LogP contribution in [0.2, 0.25) is 0 Å². The van der Waals surface area contributed by atoms with Gasteiger partial charge in [0.15, 0.2) is 0 Å². The van der Waals surface area contributed by atoms with Gasteiger partial charge in [-0.2, -0.15) is 0 Å². The molecule has 152 valence electrons. The van der Waals surface area contributed by atoms with Crippen LogP contribution >= 0.6 is 11.3 Å². The number of nitrogens with zero attached hydrogens (tertiary/aromatic N) is 1. The number of carboxylic acid groups (broad SMARTS) is 1. The molecule has 3 aromatic rings. The fourth-order valence-corrected chi connectivity index (χ4v) is 6.23. The zero-order valence-electron chi connectivity index (χ0n) is 16.6. The number of benzene rings is 1. The third-order valence-corrected chi connectivity index (χ3v) is 7.65. The zero-order valence-corrected chi connectivity index (χ0v) is 17.4. The van der Waals surface area contributed by atoms with E-state index in [1.807, 2.05) is 6.07 Å². The van der Waals surface area contributed by atoms with Crippen molar-refractivity contribution in [2.75, 3.05) is 13.2 Å². The van der Waals surface area contributed by atoms with Crippen LogP contribution in [0.3, 0.4) is 0 Å². The molecule has 1 aliphatic carbocycles. The van der Waals surface area contributed by atoms with Crippen LogP contribution in [0.15, 0.2) is 36.4 Å². The third kappa shape index (κ3) is 3.51. The summed E-state index contributed by atoms with van der Waals surface area (Å²) in [6.07, 6.45) is 7.31. The summed E-state index contributed by atoms with van der Waals surface area (Å²) >= 11 is 1.46. The predicted octanol–water partition coefficient (Wildman–Crippen LogP) is 6.15. The largest absolute Gasteiger partial charge is 0.477 e. The molecule has 1 atom stereocenters. The monoisotopic (exact) mass is 409 g/mol. The molecule has 0 bridgehead atoms. The van der Waals surface area contributed by atoms with Crippen molar-refractivity contribution in [2.45, 2.75) is 51.0 Å². The molecule has 1 N–H and O–H groups in total. The Morgan fingerprint density at radius 1 is 1.14 bits per heavy atom. The highest BCUT2D eigenvalue weighted by Gasteiger charge is 2.30. The van der Waals surface area contributed by atoms with Crippen LogP contribution in [0.1, 0.15) is 59.7 Å². The maximum Gasteiger partial charge on any atom is 0.345 e. The molecule has 1 unspecified atom stereocenters. The van der Waals surface area contributed by atoms with E-state index >= 15 is 0 Å². The Balaban J connectivity index is 1.74. The molecule has 0 radical (unpaired) electrons. The van der Waals surface area contributed by atoms with Crippen molar-refractivity contribution in [2.24, 2.45) is 5.92 Å². The molecule has 1 saturated heterocycles. The molecule has 0 spiro atoms. The van der Waals surface area contributed by atoms with E-state index in [0.29, 0.717) is 16.7 Å². The molecular formula is C24H27NO3S. The lowest BCUT2D eigenvalue weighted by Gasteiger charge is -2.24. The van der Waals surface area contributed by atoms with E-state index in [0.717, 1.165) is 31.7 Å². The van der Waals surface area contributed by atoms with Gasteiger partial charge in [0.1, 0.15) is 4.88 Å². The van der Waals surface area contributed by atoms with Gasteiger partial charge in [0, 0.05) is 19.1 Å². The van der Waals surface area contributed by atoms with Crippen molar-refractivity contribution >= 4 is 27.5 Å². The first kappa shape index (κ1) is 18.9. The van der Waals surface area contributed by atoms with Gasteiger partial charge in [-0.3, -0.25) is 0 Å². The Bertz CT molecular complexity index is 1010. The second kappa shape index (κ2) is 7.96. The third-order valence-electron chi connectivity index (χ3n) is 6.51. The van der Waals surface area contributed by atoms with E-state index in [9.17, 15) is 9.90 Å². The van der Waals surface area contributed by atoms with E-state index in [2.05, 4.69) is 34.9 Å². The highest BCUT2D eigenvalue weighted by atomic mass is 32.1. The molecule has 0 amide bonds. The number of aromatic nitrogens is 1. The number of rotatable bonds is 5. The van der Waals surface area contributed by atoms with Crippen LogP contribution in [0.5, 0.6) is 0 Å². The Labute approximate surface area is 175 Å². The van der Waals surface area contributed by atoms with Crippen LogP contribution in [-0.4, -0.2) is 28.9 Å². The number of aromatic carboxylic acids is 1. The minimum atomic E-state index is -0.821. The van der Waals surface area contributed by atoms with Gasteiger partial charge in [0.05, 0.1) is 22.5 Å². The van der Waals surface area contributed by atoms with Gasteiger partial charge in [-0.1, -0.05) is 49.6 Å². The molecule has 1 aliphatic heterocycles. The second-order valence-corrected chi connectivity index (χ2v) is 9.49. The number of hydrogen-bond donors (Lipinski definition) is 1. The number of hydrogen-bond acceptors (Lipinski definition) is 3. The summed E-state index contributed by atoms with van der Waals surface area (Å²) in [5.74, 6) is 0.182. The van der Waals surface area contributed by atoms with Gasteiger partial charge in [0.25, 0.3) is 0 Å². The van der Waals surface area contributed by atoms with Gasteiger partial charge in [-0.25, -0.2) is 4.79 Å². The van der Waals surface area contributed by atoms with Crippen LogP contribution in [0, 0.1) is 5.92 Å². The molecule has 5 heteroatoms. The fraction of sp³-hybridized carbons (Fsp3) is 0.458. The van der Waals surface area contributed by atoms with Crippen molar-refractivity contribution in [1.82, 2.24) is 4.57 Å². The first-order valence-corrected chi connectivity index (χ1v) is 11.6. The Hall–Kier alpha value is -2.11. The molecule has 4 nitrogen and oxygen atoms in total. The zero-order chi connectivity index (χ0) is 19.8. The quantitative estimate of drug-likeness (QED) is 0.550. The highest BCUT2D eigenvalue weighted by Crippen LogP contribution is 2.47. The molecular weight excluding hydrogens is 382 g/mol. The summed E-state index contributed by atoms with van der Waals surface area (Å²) in [7, 11) is 0. The molecule has 29 heavy (non-hydrogen) atoms. The van der Waals surface area contributed by atoms with Crippen LogP contribution in [-0.2, 0) is 11.3 Å². The van der Waals surface area contributed by atoms with Gasteiger partial charge < -0.3 is 14.4 Å². The Morgan fingerprint density at radius 3 is 2.62 bits per heavy atom. The van der Waals surface area contributed by atoms with Crippen LogP contribution in [0.4, 0.5) is 0 Å². The smallest absolute Gasteiger partial charge is 0.345 e. The molecule has 2 aliphatic rings. The SMILES string of the molecule is O=C(O)c1cc2c(s1)c(C1CCCCC1)c(-c1ccccc1)n2CC1CCOC1. The van der Waals surface area contributed by atoms with Crippen molar-refractivity contribution in [3.05, 3.63) is 46.8 Å². The number of thiophene rings is 1. The Morgan fingerprint density at radius 2 is 1.93 bits per heavy atom. The van der Waals surface area contributed by atoms with E-state index in [-0.39, 0.29) is 0 Å². The number of fused-ring (bicyclic) bond motifs is 1. The van der Waals surface area contributed by atoms with Gasteiger partial charge in [-0.05, 0) is 42.4 Å². The number of ether oxygens (including phenoxy) is 1. The summed E-state index contributed by atoms with van der Waals surface area (Å²) in [4.78, 5) is 12.2. The highest BCUT2D eigenvalue weighted by molar-refractivity contribution is 7.21. The molecule has 2 fully saturated rings. The second-order valence-electron chi connectivity index (χ2n) is 8.43. The first-order valence-electron chi connectivity index (χ1n) is 10.7. The van der Waals surface area contributed by atoms with Gasteiger partial charge >= 0.3 is 5.97 Å². The van der Waals surface area contributed by atoms with Crippen LogP contribution in [0.25, 0.3) is 21.5 Å². The maximum absolute atomic E-state index is 11.7. The van der Waals surface area contributed by atoms with E-state index in [1.165, 1.54) is 65.0 Å². The predicted molar refractivity (Wildman–Crippen MR) is 117 cm³/mol. The van der Waals surface area contributed by atoms with Gasteiger partial charge in [0.2, 0.25) is 0 Å². The lowest BCUT2D eigenvalue weighted by molar-refractivity contribution is 0.0702. The lowest BCUT2D eigenvalue weighted by Crippen LogP contribution is -2.13. The average Bonchev–Trinajstić information content (AvgIpc) is 3.46. The molecule has 5 rings (SSSR count). The first-order chi connectivity index (χ1) is 14.2. The minimum absolute atomic E-state index is 0.447. The van der Waals surface area contributed by atoms with Crippen LogP contribution < -0.4 is 0 Å². The summed E-state index contributed by atoms with van der Waals surface area (Å²) in [6.45, 7) is 2.51. The van der Waals surface area contributed by atoms with Gasteiger partial charge in [-0.15, -0.1) is 11.3 Å². The van der Waals surface area contributed by atoms with Crippen molar-refractivity contribution in [3.63, 3.8) is 0 Å². The molecule has 1 saturated carbocycles. The summed E-state index contributed by atoms with van der Waals surface area (Å²) < 4.78 is 9.25. The van der Waals surface area contributed by atoms with E-state index < -0.39 is 5.97 Å². The summed E-state index contributed by atoms with van der Waals surface area (Å²) in [5, 5.41) is 9.65. The van der Waals surface area contributed by atoms with E-state index in [4.69, 9.17) is 4.74 Å². The maximum atomic E-state index is 11.7. The Kier molecular flexibility index (Phi) is 5.18. The molecule has 3 heterocycles. The topological polar surface area (TPSA) is 51.5 Å². The minimum Gasteiger partial charge on any atom is -0.477 e. The van der Waals surface area contributed by atoms with E-state index in [1.54, 1.807) is 0 Å². The lowest BCUT2D eigenvalue weighted by atomic mass is 9.83. The normalized spacial score (nSPS) is 20.5. The molecule has 1 aromatic carbocycles. The van der Waals surface area contributed by atoms with Crippen molar-refractivity contribution in [3.8, 4) is 11.3 Å².